The predicted molar refractivity (Wildman–Crippen MR) is 76.1 cm³/mol. The van der Waals surface area contributed by atoms with Crippen LogP contribution in [-0.2, 0) is 10.2 Å². The van der Waals surface area contributed by atoms with Gasteiger partial charge in [0.1, 0.15) is 0 Å². The van der Waals surface area contributed by atoms with E-state index >= 15 is 0 Å². The maximum atomic E-state index is 5.72. The minimum absolute atomic E-state index is 0.219. The van der Waals surface area contributed by atoms with Crippen molar-refractivity contribution in [1.29, 1.82) is 0 Å². The SMILES string of the molecule is COC(C1CC1)C(C)n1ccc(C(C)(C)C)c1C. The summed E-state index contributed by atoms with van der Waals surface area (Å²) in [4.78, 5) is 0. The van der Waals surface area contributed by atoms with Gasteiger partial charge >= 0.3 is 0 Å². The molecule has 1 aromatic heterocycles. The molecule has 0 saturated heterocycles. The molecule has 0 spiro atoms. The quantitative estimate of drug-likeness (QED) is 0.784. The van der Waals surface area contributed by atoms with Gasteiger partial charge in [0.25, 0.3) is 0 Å². The Morgan fingerprint density at radius 3 is 2.33 bits per heavy atom. The smallest absolute Gasteiger partial charge is 0.0803 e. The Hall–Kier alpha value is -0.760. The summed E-state index contributed by atoms with van der Waals surface area (Å²) in [6.45, 7) is 11.3. The van der Waals surface area contributed by atoms with Crippen LogP contribution in [0, 0.1) is 12.8 Å². The molecule has 0 aliphatic heterocycles. The van der Waals surface area contributed by atoms with Crippen LogP contribution in [0.3, 0.4) is 0 Å². The molecule has 2 heteroatoms. The van der Waals surface area contributed by atoms with Crippen LogP contribution in [0.15, 0.2) is 12.3 Å². The molecule has 1 saturated carbocycles. The van der Waals surface area contributed by atoms with Gasteiger partial charge in [0.2, 0.25) is 0 Å². The van der Waals surface area contributed by atoms with E-state index < -0.39 is 0 Å². The highest BCUT2D eigenvalue weighted by Gasteiger charge is 2.36. The highest BCUT2D eigenvalue weighted by Crippen LogP contribution is 2.40. The van der Waals surface area contributed by atoms with E-state index in [1.54, 1.807) is 0 Å². The average molecular weight is 249 g/mol. The Balaban J connectivity index is 2.25. The van der Waals surface area contributed by atoms with Crippen molar-refractivity contribution in [1.82, 2.24) is 4.57 Å². The van der Waals surface area contributed by atoms with Crippen LogP contribution in [0.5, 0.6) is 0 Å². The summed E-state index contributed by atoms with van der Waals surface area (Å²) in [5.41, 5.74) is 3.05. The van der Waals surface area contributed by atoms with Crippen molar-refractivity contribution in [3.8, 4) is 0 Å². The summed E-state index contributed by atoms with van der Waals surface area (Å²) in [5.74, 6) is 0.768. The molecule has 1 aromatic rings. The largest absolute Gasteiger partial charge is 0.379 e. The zero-order chi connectivity index (χ0) is 13.5. The van der Waals surface area contributed by atoms with Crippen LogP contribution in [0.2, 0.25) is 0 Å². The van der Waals surface area contributed by atoms with Gasteiger partial charge < -0.3 is 9.30 Å². The fraction of sp³-hybridized carbons (Fsp3) is 0.750. The Morgan fingerprint density at radius 1 is 1.33 bits per heavy atom. The van der Waals surface area contributed by atoms with E-state index in [0.29, 0.717) is 12.1 Å². The van der Waals surface area contributed by atoms with E-state index in [2.05, 4.69) is 51.4 Å². The third-order valence-electron chi connectivity index (χ3n) is 4.26. The zero-order valence-electron chi connectivity index (χ0n) is 12.7. The van der Waals surface area contributed by atoms with Crippen molar-refractivity contribution in [2.45, 2.75) is 65.0 Å². The van der Waals surface area contributed by atoms with Crippen LogP contribution < -0.4 is 0 Å². The fourth-order valence-corrected chi connectivity index (χ4v) is 3.13. The Morgan fingerprint density at radius 2 is 1.94 bits per heavy atom. The van der Waals surface area contributed by atoms with Gasteiger partial charge in [-0.2, -0.15) is 0 Å². The molecule has 0 amide bonds. The Bertz CT molecular complexity index is 409. The number of hydrogen-bond acceptors (Lipinski definition) is 1. The summed E-state index contributed by atoms with van der Waals surface area (Å²) in [6, 6.07) is 2.70. The van der Waals surface area contributed by atoms with Gasteiger partial charge in [0.15, 0.2) is 0 Å². The third-order valence-corrected chi connectivity index (χ3v) is 4.26. The topological polar surface area (TPSA) is 14.2 Å². The number of aromatic nitrogens is 1. The molecule has 2 rings (SSSR count). The maximum absolute atomic E-state index is 5.72. The van der Waals surface area contributed by atoms with Crippen molar-refractivity contribution >= 4 is 0 Å². The zero-order valence-corrected chi connectivity index (χ0v) is 12.7. The standard InChI is InChI=1S/C16H27NO/c1-11-14(16(3,4)5)9-10-17(11)12(2)15(18-6)13-7-8-13/h9-10,12-13,15H,7-8H2,1-6H3. The van der Waals surface area contributed by atoms with Gasteiger partial charge in [-0.1, -0.05) is 20.8 Å². The Kier molecular flexibility index (Phi) is 3.59. The lowest BCUT2D eigenvalue weighted by Gasteiger charge is -2.27. The number of nitrogens with zero attached hydrogens (tertiary/aromatic N) is 1. The van der Waals surface area contributed by atoms with E-state index in [1.165, 1.54) is 24.1 Å². The summed E-state index contributed by atoms with van der Waals surface area (Å²) in [5, 5.41) is 0. The first-order valence-corrected chi connectivity index (χ1v) is 7.07. The monoisotopic (exact) mass is 249 g/mol. The van der Waals surface area contributed by atoms with Crippen LogP contribution in [-0.4, -0.2) is 17.8 Å². The van der Waals surface area contributed by atoms with Gasteiger partial charge in [0, 0.05) is 19.0 Å². The maximum Gasteiger partial charge on any atom is 0.0803 e. The van der Waals surface area contributed by atoms with Crippen molar-refractivity contribution in [2.24, 2.45) is 5.92 Å². The third kappa shape index (κ3) is 2.49. The molecule has 0 N–H and O–H groups in total. The molecular formula is C16H27NO. The molecule has 102 valence electrons. The van der Waals surface area contributed by atoms with Crippen molar-refractivity contribution in [2.75, 3.05) is 7.11 Å². The summed E-state index contributed by atoms with van der Waals surface area (Å²) >= 11 is 0. The van der Waals surface area contributed by atoms with Crippen LogP contribution in [0.25, 0.3) is 0 Å². The lowest BCUT2D eigenvalue weighted by atomic mass is 9.87. The molecule has 1 fully saturated rings. The second-order valence-electron chi connectivity index (χ2n) is 6.75. The van der Waals surface area contributed by atoms with Crippen LogP contribution in [0.4, 0.5) is 0 Å². The Labute approximate surface area is 111 Å². The average Bonchev–Trinajstić information content (AvgIpc) is 3.00. The van der Waals surface area contributed by atoms with Crippen molar-refractivity contribution in [3.63, 3.8) is 0 Å². The minimum atomic E-state index is 0.219. The normalized spacial score (nSPS) is 19.9. The predicted octanol–water partition coefficient (Wildman–Crippen LogP) is 4.08. The van der Waals surface area contributed by atoms with E-state index in [9.17, 15) is 0 Å². The van der Waals surface area contributed by atoms with Crippen molar-refractivity contribution in [3.05, 3.63) is 23.5 Å². The summed E-state index contributed by atoms with van der Waals surface area (Å²) < 4.78 is 8.12. The highest BCUT2D eigenvalue weighted by molar-refractivity contribution is 5.29. The molecule has 0 bridgehead atoms. The first kappa shape index (κ1) is 13.7. The van der Waals surface area contributed by atoms with E-state index in [1.807, 2.05) is 7.11 Å². The van der Waals surface area contributed by atoms with Gasteiger partial charge in [-0.3, -0.25) is 0 Å². The van der Waals surface area contributed by atoms with Crippen LogP contribution >= 0.6 is 0 Å². The molecule has 2 atom stereocenters. The van der Waals surface area contributed by atoms with Crippen molar-refractivity contribution < 1.29 is 4.74 Å². The second kappa shape index (κ2) is 4.73. The number of rotatable bonds is 4. The lowest BCUT2D eigenvalue weighted by Crippen LogP contribution is -2.26. The number of hydrogen-bond donors (Lipinski definition) is 0. The molecule has 0 radical (unpaired) electrons. The summed E-state index contributed by atoms with van der Waals surface area (Å²) in [7, 11) is 1.85. The van der Waals surface area contributed by atoms with Gasteiger partial charge in [0.05, 0.1) is 12.1 Å². The highest BCUT2D eigenvalue weighted by atomic mass is 16.5. The number of methoxy groups -OCH3 is 1. The molecule has 18 heavy (non-hydrogen) atoms. The molecule has 2 nitrogen and oxygen atoms in total. The summed E-state index contributed by atoms with van der Waals surface area (Å²) in [6.07, 6.45) is 5.25. The van der Waals surface area contributed by atoms with Gasteiger partial charge in [-0.25, -0.2) is 0 Å². The molecule has 1 aliphatic carbocycles. The molecule has 2 unspecified atom stereocenters. The fourth-order valence-electron chi connectivity index (χ4n) is 3.13. The molecular weight excluding hydrogens is 222 g/mol. The van der Waals surface area contributed by atoms with Gasteiger partial charge in [-0.15, -0.1) is 0 Å². The first-order chi connectivity index (χ1) is 8.36. The van der Waals surface area contributed by atoms with Crippen LogP contribution in [0.1, 0.15) is 57.8 Å². The second-order valence-corrected chi connectivity index (χ2v) is 6.75. The number of ether oxygens (including phenoxy) is 1. The molecule has 1 heterocycles. The van der Waals surface area contributed by atoms with E-state index in [4.69, 9.17) is 4.74 Å². The van der Waals surface area contributed by atoms with Gasteiger partial charge in [-0.05, 0) is 49.7 Å². The minimum Gasteiger partial charge on any atom is -0.379 e. The lowest BCUT2D eigenvalue weighted by molar-refractivity contribution is 0.0449. The molecule has 1 aliphatic rings. The molecule has 0 aromatic carbocycles. The first-order valence-electron chi connectivity index (χ1n) is 7.07. The van der Waals surface area contributed by atoms with E-state index in [0.717, 1.165) is 5.92 Å². The van der Waals surface area contributed by atoms with E-state index in [-0.39, 0.29) is 5.41 Å².